The number of hydrogen-bond acceptors (Lipinski definition) is 5. The van der Waals surface area contributed by atoms with Gasteiger partial charge in [-0.2, -0.15) is 25.2 Å². The Balaban J connectivity index is 2.54. The van der Waals surface area contributed by atoms with E-state index in [1.54, 1.807) is 0 Å². The molecule has 0 N–H and O–H groups in total. The molecule has 9 heteroatoms. The maximum absolute atomic E-state index is 11.8. The van der Waals surface area contributed by atoms with Crippen molar-refractivity contribution in [1.82, 2.24) is 0 Å². The van der Waals surface area contributed by atoms with Crippen LogP contribution in [0.25, 0.3) is 0 Å². The largest absolute Gasteiger partial charge is 0.524 e. The lowest BCUT2D eigenvalue weighted by atomic mass is 10.3. The molecule has 1 aliphatic rings. The fraction of sp³-hybridized carbons (Fsp3) is 0.833. The summed E-state index contributed by atoms with van der Waals surface area (Å²) in [5.41, 5.74) is -5.44. The molecule has 0 aromatic heterocycles. The number of Topliss-reactive ketones (excluding diaryl/α,β-unsaturated/α-hetero) is 1. The highest BCUT2D eigenvalue weighted by Crippen LogP contribution is 2.33. The molecule has 1 unspecified atom stereocenters. The van der Waals surface area contributed by atoms with E-state index in [1.165, 1.54) is 0 Å². The first-order chi connectivity index (χ1) is 6.74. The Morgan fingerprint density at radius 2 is 2.00 bits per heavy atom. The highest BCUT2D eigenvalue weighted by molar-refractivity contribution is 8.05. The topological polar surface area (TPSA) is 60.4 Å². The predicted octanol–water partition coefficient (Wildman–Crippen LogP) is 1.62. The minimum Gasteiger partial charge on any atom is -0.298 e. The minimum atomic E-state index is -5.60. The van der Waals surface area contributed by atoms with Gasteiger partial charge in [-0.15, -0.1) is 0 Å². The second-order valence-electron chi connectivity index (χ2n) is 2.91. The van der Waals surface area contributed by atoms with E-state index in [4.69, 9.17) is 0 Å². The first-order valence-electron chi connectivity index (χ1n) is 3.93. The van der Waals surface area contributed by atoms with E-state index in [1.807, 2.05) is 0 Å². The van der Waals surface area contributed by atoms with Crippen LogP contribution in [-0.4, -0.2) is 25.0 Å². The smallest absolute Gasteiger partial charge is 0.298 e. The number of rotatable bonds is 3. The van der Waals surface area contributed by atoms with Crippen molar-refractivity contribution in [2.24, 2.45) is 0 Å². The summed E-state index contributed by atoms with van der Waals surface area (Å²) in [6.07, 6.45) is 1.15. The minimum absolute atomic E-state index is 0.0684. The van der Waals surface area contributed by atoms with Crippen molar-refractivity contribution in [3.63, 3.8) is 0 Å². The van der Waals surface area contributed by atoms with Gasteiger partial charge in [0, 0.05) is 18.5 Å². The lowest BCUT2D eigenvalue weighted by Gasteiger charge is -2.09. The molecule has 0 aromatic carbocycles. The number of alkyl halides is 3. The summed E-state index contributed by atoms with van der Waals surface area (Å²) in [4.78, 5) is 11.0. The summed E-state index contributed by atoms with van der Waals surface area (Å²) >= 11 is 0.0684. The number of carbonyl (C=O) groups excluding carboxylic acids is 1. The fourth-order valence-electron chi connectivity index (χ4n) is 1.02. The first-order valence-corrected chi connectivity index (χ1v) is 6.14. The molecule has 0 aromatic rings. The number of ketones is 1. The van der Waals surface area contributed by atoms with Gasteiger partial charge in [-0.3, -0.25) is 4.79 Å². The van der Waals surface area contributed by atoms with Gasteiger partial charge in [0.2, 0.25) is 0 Å². The number of carbonyl (C=O) groups is 1. The molecule has 1 aliphatic carbocycles. The quantitative estimate of drug-likeness (QED) is 0.572. The van der Waals surface area contributed by atoms with Crippen LogP contribution in [0.5, 0.6) is 0 Å². The summed E-state index contributed by atoms with van der Waals surface area (Å²) in [5, 5.41) is -0.804. The van der Waals surface area contributed by atoms with Crippen LogP contribution in [0, 0.1) is 0 Å². The zero-order valence-electron chi connectivity index (χ0n) is 7.28. The van der Waals surface area contributed by atoms with E-state index < -0.39 is 20.9 Å². The highest BCUT2D eigenvalue weighted by atomic mass is 32.3. The molecule has 0 amide bonds. The average Bonchev–Trinajstić information content (AvgIpc) is 2.46. The third-order valence-electron chi connectivity index (χ3n) is 1.78. The van der Waals surface area contributed by atoms with Gasteiger partial charge in [-0.1, -0.05) is 0 Å². The van der Waals surface area contributed by atoms with E-state index in [9.17, 15) is 26.4 Å². The molecule has 88 valence electrons. The molecule has 0 heterocycles. The van der Waals surface area contributed by atoms with Gasteiger partial charge >= 0.3 is 15.6 Å². The zero-order chi connectivity index (χ0) is 11.7. The van der Waals surface area contributed by atoms with Crippen molar-refractivity contribution in [3.05, 3.63) is 0 Å². The predicted molar refractivity (Wildman–Crippen MR) is 46.3 cm³/mol. The Morgan fingerprint density at radius 1 is 1.40 bits per heavy atom. The normalized spacial score (nSPS) is 23.4. The van der Waals surface area contributed by atoms with Crippen molar-refractivity contribution >= 4 is 27.9 Å². The summed E-state index contributed by atoms with van der Waals surface area (Å²) in [7, 11) is -5.60. The van der Waals surface area contributed by atoms with E-state index in [0.717, 1.165) is 0 Å². The second kappa shape index (κ2) is 4.30. The summed E-state index contributed by atoms with van der Waals surface area (Å²) < 4.78 is 59.9. The van der Waals surface area contributed by atoms with Crippen LogP contribution >= 0.6 is 12.0 Å². The molecule has 0 radical (unpaired) electrons. The molecule has 0 bridgehead atoms. The SMILES string of the molecule is O=C1CCCC1SOS(=O)(=O)C(F)(F)F. The Morgan fingerprint density at radius 3 is 2.40 bits per heavy atom. The molecule has 0 aliphatic heterocycles. The third-order valence-corrected chi connectivity index (χ3v) is 4.11. The Labute approximate surface area is 88.5 Å². The van der Waals surface area contributed by atoms with Gasteiger partial charge in [-0.05, 0) is 12.8 Å². The van der Waals surface area contributed by atoms with Crippen LogP contribution < -0.4 is 0 Å². The molecular formula is C6H7F3O4S2. The van der Waals surface area contributed by atoms with Crippen molar-refractivity contribution < 1.29 is 30.0 Å². The van der Waals surface area contributed by atoms with Gasteiger partial charge < -0.3 is 0 Å². The second-order valence-corrected chi connectivity index (χ2v) is 5.59. The monoisotopic (exact) mass is 264 g/mol. The van der Waals surface area contributed by atoms with Crippen LogP contribution in [0.1, 0.15) is 19.3 Å². The van der Waals surface area contributed by atoms with Crippen LogP contribution in [-0.2, 0) is 18.5 Å². The lowest BCUT2D eigenvalue weighted by molar-refractivity contribution is -0.117. The summed E-state index contributed by atoms with van der Waals surface area (Å²) in [6.45, 7) is 0. The van der Waals surface area contributed by atoms with Gasteiger partial charge in [0.25, 0.3) is 0 Å². The van der Waals surface area contributed by atoms with E-state index in [0.29, 0.717) is 12.8 Å². The van der Waals surface area contributed by atoms with Crippen LogP contribution in [0.4, 0.5) is 13.2 Å². The number of hydrogen-bond donors (Lipinski definition) is 0. The molecule has 1 rings (SSSR count). The molecule has 1 saturated carbocycles. The van der Waals surface area contributed by atoms with E-state index in [-0.39, 0.29) is 24.2 Å². The molecule has 1 atom stereocenters. The lowest BCUT2D eigenvalue weighted by Crippen LogP contribution is -2.24. The Bertz CT molecular complexity index is 348. The van der Waals surface area contributed by atoms with Crippen LogP contribution in [0.3, 0.4) is 0 Å². The van der Waals surface area contributed by atoms with Gasteiger partial charge in [0.1, 0.15) is 5.78 Å². The standard InChI is InChI=1S/C6H7F3O4S2/c7-6(8,9)15(11,12)13-14-5-3-1-2-4(5)10/h5H,1-3H2. The van der Waals surface area contributed by atoms with Crippen LogP contribution in [0.15, 0.2) is 0 Å². The Kier molecular flexibility index (Phi) is 3.67. The summed E-state index contributed by atoms with van der Waals surface area (Å²) in [6, 6.07) is 0. The maximum Gasteiger partial charge on any atom is 0.524 e. The zero-order valence-corrected chi connectivity index (χ0v) is 8.92. The molecule has 1 fully saturated rings. The van der Waals surface area contributed by atoms with Crippen molar-refractivity contribution in [1.29, 1.82) is 0 Å². The molecule has 15 heavy (non-hydrogen) atoms. The Hall–Kier alpha value is -0.280. The third kappa shape index (κ3) is 3.08. The summed E-state index contributed by atoms with van der Waals surface area (Å²) in [5.74, 6) is -0.280. The van der Waals surface area contributed by atoms with Crippen molar-refractivity contribution in [2.45, 2.75) is 30.0 Å². The molecule has 0 saturated heterocycles. The number of halogens is 3. The maximum atomic E-state index is 11.8. The molecule has 0 spiro atoms. The molecule has 4 nitrogen and oxygen atoms in total. The van der Waals surface area contributed by atoms with Crippen molar-refractivity contribution in [2.75, 3.05) is 0 Å². The first kappa shape index (κ1) is 12.8. The van der Waals surface area contributed by atoms with Gasteiger partial charge in [-0.25, -0.2) is 0 Å². The fourth-order valence-corrected chi connectivity index (χ4v) is 2.61. The highest BCUT2D eigenvalue weighted by Gasteiger charge is 2.48. The van der Waals surface area contributed by atoms with Gasteiger partial charge in [0.15, 0.2) is 0 Å². The molecular weight excluding hydrogens is 257 g/mol. The van der Waals surface area contributed by atoms with E-state index >= 15 is 0 Å². The van der Waals surface area contributed by atoms with Crippen molar-refractivity contribution in [3.8, 4) is 0 Å². The van der Waals surface area contributed by atoms with E-state index in [2.05, 4.69) is 3.63 Å². The van der Waals surface area contributed by atoms with Gasteiger partial charge in [0.05, 0.1) is 5.25 Å². The average molecular weight is 264 g/mol. The van der Waals surface area contributed by atoms with Crippen LogP contribution in [0.2, 0.25) is 0 Å².